The highest BCUT2D eigenvalue weighted by Gasteiger charge is 2.45. The molecule has 0 spiro atoms. The molecule has 1 aliphatic rings. The molecule has 12 heavy (non-hydrogen) atoms. The summed E-state index contributed by atoms with van der Waals surface area (Å²) in [6.45, 7) is 3.84. The van der Waals surface area contributed by atoms with E-state index < -0.39 is 0 Å². The lowest BCUT2D eigenvalue weighted by Crippen LogP contribution is -2.15. The molecule has 0 radical (unpaired) electrons. The lowest BCUT2D eigenvalue weighted by atomic mass is 9.93. The summed E-state index contributed by atoms with van der Waals surface area (Å²) in [5, 5.41) is 0. The fourth-order valence-electron chi connectivity index (χ4n) is 1.68. The molecule has 0 aliphatic heterocycles. The van der Waals surface area contributed by atoms with Crippen LogP contribution in [0.5, 0.6) is 0 Å². The Kier molecular flexibility index (Phi) is 1.47. The van der Waals surface area contributed by atoms with Crippen molar-refractivity contribution in [3.8, 4) is 0 Å². The van der Waals surface area contributed by atoms with E-state index in [-0.39, 0.29) is 5.41 Å². The highest BCUT2D eigenvalue weighted by Crippen LogP contribution is 2.51. The zero-order valence-electron chi connectivity index (χ0n) is 7.09. The number of benzene rings is 1. The highest BCUT2D eigenvalue weighted by atomic mass is 14.7. The number of allylic oxidation sites excluding steroid dienone is 1. The van der Waals surface area contributed by atoms with Gasteiger partial charge in [0.1, 0.15) is 0 Å². The average Bonchev–Trinajstić information content (AvgIpc) is 2.86. The van der Waals surface area contributed by atoms with Crippen LogP contribution in [0.25, 0.3) is 0 Å². The normalized spacial score (nSPS) is 18.7. The van der Waals surface area contributed by atoms with Crippen LogP contribution in [0.4, 0.5) is 0 Å². The van der Waals surface area contributed by atoms with Gasteiger partial charge in [0, 0.05) is 11.1 Å². The predicted octanol–water partition coefficient (Wildman–Crippen LogP) is 2.19. The summed E-state index contributed by atoms with van der Waals surface area (Å²) in [5.74, 6) is 0. The fraction of sp³-hybridized carbons (Fsp3) is 0.273. The Balaban J connectivity index is 2.37. The summed E-state index contributed by atoms with van der Waals surface area (Å²) in [6.07, 6.45) is 2.32. The van der Waals surface area contributed by atoms with Gasteiger partial charge in [0.05, 0.1) is 0 Å². The second-order valence-electron chi connectivity index (χ2n) is 3.47. The maximum Gasteiger partial charge on any atom is 0.0342 e. The zero-order chi connectivity index (χ0) is 8.60. The molecule has 1 fully saturated rings. The molecule has 0 atom stereocenters. The third-order valence-electron chi connectivity index (χ3n) is 2.69. The van der Waals surface area contributed by atoms with Gasteiger partial charge in [-0.3, -0.25) is 0 Å². The van der Waals surface area contributed by atoms with Crippen molar-refractivity contribution in [2.75, 3.05) is 0 Å². The SMILES string of the molecule is C=C(N)C1(c2ccccc2)CC1. The van der Waals surface area contributed by atoms with Gasteiger partial charge in [0.15, 0.2) is 0 Å². The van der Waals surface area contributed by atoms with Gasteiger partial charge in [-0.25, -0.2) is 0 Å². The number of rotatable bonds is 2. The summed E-state index contributed by atoms with van der Waals surface area (Å²) in [6, 6.07) is 10.4. The molecule has 1 heteroatoms. The van der Waals surface area contributed by atoms with E-state index in [9.17, 15) is 0 Å². The molecule has 2 N–H and O–H groups in total. The van der Waals surface area contributed by atoms with Gasteiger partial charge in [0.25, 0.3) is 0 Å². The molecule has 1 saturated carbocycles. The molecule has 2 rings (SSSR count). The third kappa shape index (κ3) is 0.934. The predicted molar refractivity (Wildman–Crippen MR) is 50.7 cm³/mol. The molecule has 0 heterocycles. The summed E-state index contributed by atoms with van der Waals surface area (Å²) in [4.78, 5) is 0. The van der Waals surface area contributed by atoms with Crippen LogP contribution in [0.15, 0.2) is 42.6 Å². The molecule has 1 aromatic carbocycles. The summed E-state index contributed by atoms with van der Waals surface area (Å²) >= 11 is 0. The Bertz CT molecular complexity index is 296. The summed E-state index contributed by atoms with van der Waals surface area (Å²) in [7, 11) is 0. The van der Waals surface area contributed by atoms with Gasteiger partial charge >= 0.3 is 0 Å². The van der Waals surface area contributed by atoms with E-state index in [1.54, 1.807) is 0 Å². The monoisotopic (exact) mass is 159 g/mol. The smallest absolute Gasteiger partial charge is 0.0342 e. The van der Waals surface area contributed by atoms with E-state index in [1.165, 1.54) is 5.56 Å². The Morgan fingerprint density at radius 3 is 2.25 bits per heavy atom. The first-order valence-electron chi connectivity index (χ1n) is 4.26. The first kappa shape index (κ1) is 7.41. The number of hydrogen-bond acceptors (Lipinski definition) is 1. The van der Waals surface area contributed by atoms with E-state index in [2.05, 4.69) is 30.8 Å². The van der Waals surface area contributed by atoms with E-state index in [0.29, 0.717) is 0 Å². The fourth-order valence-corrected chi connectivity index (χ4v) is 1.68. The van der Waals surface area contributed by atoms with Crippen molar-refractivity contribution in [1.29, 1.82) is 0 Å². The maximum atomic E-state index is 5.77. The minimum atomic E-state index is 0.126. The summed E-state index contributed by atoms with van der Waals surface area (Å²) in [5.41, 5.74) is 8.03. The first-order chi connectivity index (χ1) is 5.76. The number of nitrogens with two attached hydrogens (primary N) is 1. The average molecular weight is 159 g/mol. The van der Waals surface area contributed by atoms with Crippen molar-refractivity contribution in [2.24, 2.45) is 5.73 Å². The molecule has 62 valence electrons. The second kappa shape index (κ2) is 2.37. The van der Waals surface area contributed by atoms with Gasteiger partial charge in [-0.15, -0.1) is 0 Å². The van der Waals surface area contributed by atoms with Crippen molar-refractivity contribution in [1.82, 2.24) is 0 Å². The van der Waals surface area contributed by atoms with Crippen LogP contribution in [-0.4, -0.2) is 0 Å². The van der Waals surface area contributed by atoms with Crippen molar-refractivity contribution >= 4 is 0 Å². The van der Waals surface area contributed by atoms with E-state index in [0.717, 1.165) is 18.5 Å². The lowest BCUT2D eigenvalue weighted by Gasteiger charge is -2.14. The van der Waals surface area contributed by atoms with E-state index in [1.807, 2.05) is 6.07 Å². The van der Waals surface area contributed by atoms with Crippen molar-refractivity contribution in [3.63, 3.8) is 0 Å². The minimum absolute atomic E-state index is 0.126. The van der Waals surface area contributed by atoms with Crippen LogP contribution in [-0.2, 0) is 5.41 Å². The molecule has 1 aromatic rings. The topological polar surface area (TPSA) is 26.0 Å². The largest absolute Gasteiger partial charge is 0.402 e. The Morgan fingerprint density at radius 2 is 1.83 bits per heavy atom. The Hall–Kier alpha value is -1.24. The third-order valence-corrected chi connectivity index (χ3v) is 2.69. The van der Waals surface area contributed by atoms with Crippen molar-refractivity contribution in [3.05, 3.63) is 48.2 Å². The Morgan fingerprint density at radius 1 is 1.25 bits per heavy atom. The van der Waals surface area contributed by atoms with Gasteiger partial charge in [0.2, 0.25) is 0 Å². The lowest BCUT2D eigenvalue weighted by molar-refractivity contribution is 0.811. The number of hydrogen-bond donors (Lipinski definition) is 1. The van der Waals surface area contributed by atoms with Crippen LogP contribution in [0.1, 0.15) is 18.4 Å². The molecule has 0 unspecified atom stereocenters. The van der Waals surface area contributed by atoms with E-state index >= 15 is 0 Å². The van der Waals surface area contributed by atoms with Crippen LogP contribution in [0.2, 0.25) is 0 Å². The van der Waals surface area contributed by atoms with Crippen LogP contribution >= 0.6 is 0 Å². The highest BCUT2D eigenvalue weighted by molar-refractivity contribution is 5.40. The van der Waals surface area contributed by atoms with Crippen LogP contribution in [0.3, 0.4) is 0 Å². The molecule has 1 aliphatic carbocycles. The molecule has 0 saturated heterocycles. The van der Waals surface area contributed by atoms with E-state index in [4.69, 9.17) is 5.73 Å². The van der Waals surface area contributed by atoms with Crippen LogP contribution in [0, 0.1) is 0 Å². The van der Waals surface area contributed by atoms with Gasteiger partial charge in [-0.1, -0.05) is 36.9 Å². The van der Waals surface area contributed by atoms with Crippen molar-refractivity contribution in [2.45, 2.75) is 18.3 Å². The quantitative estimate of drug-likeness (QED) is 0.703. The summed E-state index contributed by atoms with van der Waals surface area (Å²) < 4.78 is 0. The molecule has 0 aromatic heterocycles. The molecule has 1 nitrogen and oxygen atoms in total. The van der Waals surface area contributed by atoms with Gasteiger partial charge in [-0.2, -0.15) is 0 Å². The molecule has 0 bridgehead atoms. The standard InChI is InChI=1S/C11H13N/c1-9(12)11(7-8-11)10-5-3-2-4-6-10/h2-6H,1,7-8,12H2. The molecular weight excluding hydrogens is 146 g/mol. The Labute approximate surface area is 72.9 Å². The molecular formula is C11H13N. The zero-order valence-corrected chi connectivity index (χ0v) is 7.09. The van der Waals surface area contributed by atoms with Gasteiger partial charge in [-0.05, 0) is 18.4 Å². The minimum Gasteiger partial charge on any atom is -0.402 e. The van der Waals surface area contributed by atoms with Crippen LogP contribution < -0.4 is 5.73 Å². The van der Waals surface area contributed by atoms with Gasteiger partial charge < -0.3 is 5.73 Å². The first-order valence-corrected chi connectivity index (χ1v) is 4.26. The maximum absolute atomic E-state index is 5.77. The molecule has 0 amide bonds. The second-order valence-corrected chi connectivity index (χ2v) is 3.47. The van der Waals surface area contributed by atoms with Crippen molar-refractivity contribution < 1.29 is 0 Å².